The van der Waals surface area contributed by atoms with Crippen molar-refractivity contribution < 1.29 is 18.6 Å². The molecular formula is C30H36FN3O3. The molecule has 3 aromatic rings. The Balaban J connectivity index is 1.26. The molecule has 0 amide bonds. The van der Waals surface area contributed by atoms with Crippen LogP contribution in [0.5, 0.6) is 17.2 Å². The number of benzene rings is 2. The highest BCUT2D eigenvalue weighted by Gasteiger charge is 2.18. The summed E-state index contributed by atoms with van der Waals surface area (Å²) in [5, 5.41) is 0. The molecule has 0 aliphatic carbocycles. The van der Waals surface area contributed by atoms with Crippen LogP contribution in [0.3, 0.4) is 0 Å². The number of hydrogen-bond donors (Lipinski definition) is 0. The standard InChI is InChI=1S/C30H36FN3O3/c1-35-28-20-25(21-29(36-2)30(28)37-3)27-19-24(12-13-32-27)22-34-17-15-33(16-18-34)14-6-4-5-7-23-8-10-26(31)11-9-23/h5,7-13,19-21H,4,6,14-18,22H2,1-3H3. The Labute approximate surface area is 219 Å². The van der Waals surface area contributed by atoms with Gasteiger partial charge in [0.1, 0.15) is 5.82 Å². The number of aromatic nitrogens is 1. The monoisotopic (exact) mass is 505 g/mol. The largest absolute Gasteiger partial charge is 0.493 e. The summed E-state index contributed by atoms with van der Waals surface area (Å²) in [6, 6.07) is 14.7. The summed E-state index contributed by atoms with van der Waals surface area (Å²) in [5.74, 6) is 1.61. The fourth-order valence-electron chi connectivity index (χ4n) is 4.61. The maximum atomic E-state index is 13.0. The number of ether oxygens (including phenoxy) is 3. The average molecular weight is 506 g/mol. The van der Waals surface area contributed by atoms with Gasteiger partial charge in [-0.05, 0) is 66.9 Å². The second kappa shape index (κ2) is 13.2. The maximum Gasteiger partial charge on any atom is 0.203 e. The van der Waals surface area contributed by atoms with Crippen LogP contribution in [-0.4, -0.2) is 68.8 Å². The van der Waals surface area contributed by atoms with Gasteiger partial charge >= 0.3 is 0 Å². The van der Waals surface area contributed by atoms with E-state index < -0.39 is 0 Å². The molecule has 4 rings (SSSR count). The van der Waals surface area contributed by atoms with Crippen molar-refractivity contribution in [2.24, 2.45) is 0 Å². The van der Waals surface area contributed by atoms with Crippen LogP contribution in [-0.2, 0) is 6.54 Å². The van der Waals surface area contributed by atoms with Crippen LogP contribution in [0, 0.1) is 5.82 Å². The summed E-state index contributed by atoms with van der Waals surface area (Å²) >= 11 is 0. The predicted octanol–water partition coefficient (Wildman–Crippen LogP) is 5.52. The van der Waals surface area contributed by atoms with E-state index in [1.165, 1.54) is 17.7 Å². The molecule has 1 aliphatic heterocycles. The number of nitrogens with zero attached hydrogens (tertiary/aromatic N) is 3. The van der Waals surface area contributed by atoms with Gasteiger partial charge in [-0.1, -0.05) is 24.3 Å². The minimum absolute atomic E-state index is 0.195. The van der Waals surface area contributed by atoms with Crippen molar-refractivity contribution >= 4 is 6.08 Å². The topological polar surface area (TPSA) is 47.1 Å². The van der Waals surface area contributed by atoms with E-state index in [1.807, 2.05) is 30.5 Å². The summed E-state index contributed by atoms with van der Waals surface area (Å²) < 4.78 is 29.5. The fraction of sp³-hybridized carbons (Fsp3) is 0.367. The van der Waals surface area contributed by atoms with Crippen LogP contribution in [0.4, 0.5) is 4.39 Å². The summed E-state index contributed by atoms with van der Waals surface area (Å²) in [6.07, 6.45) is 8.26. The van der Waals surface area contributed by atoms with Crippen LogP contribution >= 0.6 is 0 Å². The lowest BCUT2D eigenvalue weighted by Gasteiger charge is -2.34. The van der Waals surface area contributed by atoms with Gasteiger partial charge in [-0.2, -0.15) is 0 Å². The van der Waals surface area contributed by atoms with Gasteiger partial charge in [-0.3, -0.25) is 9.88 Å². The summed E-state index contributed by atoms with van der Waals surface area (Å²) in [7, 11) is 4.84. The molecule has 37 heavy (non-hydrogen) atoms. The Morgan fingerprint density at radius 3 is 2.19 bits per heavy atom. The molecule has 2 aromatic carbocycles. The molecule has 0 radical (unpaired) electrons. The molecule has 7 heteroatoms. The van der Waals surface area contributed by atoms with Crippen molar-refractivity contribution in [3.63, 3.8) is 0 Å². The smallest absolute Gasteiger partial charge is 0.203 e. The third-order valence-electron chi connectivity index (χ3n) is 6.68. The van der Waals surface area contributed by atoms with Gasteiger partial charge in [0, 0.05) is 44.5 Å². The van der Waals surface area contributed by atoms with E-state index in [9.17, 15) is 4.39 Å². The predicted molar refractivity (Wildman–Crippen MR) is 146 cm³/mol. The molecular weight excluding hydrogens is 469 g/mol. The van der Waals surface area contributed by atoms with Gasteiger partial charge in [0.15, 0.2) is 11.5 Å². The lowest BCUT2D eigenvalue weighted by atomic mass is 10.1. The second-order valence-electron chi connectivity index (χ2n) is 9.18. The molecule has 2 heterocycles. The van der Waals surface area contributed by atoms with Crippen molar-refractivity contribution in [1.29, 1.82) is 0 Å². The van der Waals surface area contributed by atoms with Crippen LogP contribution in [0.25, 0.3) is 17.3 Å². The van der Waals surface area contributed by atoms with Crippen LogP contribution in [0.2, 0.25) is 0 Å². The normalized spacial score (nSPS) is 14.7. The first kappa shape index (κ1) is 26.6. The van der Waals surface area contributed by atoms with Crippen LogP contribution in [0.15, 0.2) is 60.8 Å². The van der Waals surface area contributed by atoms with Gasteiger partial charge < -0.3 is 19.1 Å². The van der Waals surface area contributed by atoms with E-state index in [1.54, 1.807) is 21.3 Å². The van der Waals surface area contributed by atoms with Gasteiger partial charge in [0.25, 0.3) is 0 Å². The van der Waals surface area contributed by atoms with Crippen molar-refractivity contribution in [3.8, 4) is 28.5 Å². The minimum atomic E-state index is -0.195. The second-order valence-corrected chi connectivity index (χ2v) is 9.18. The number of halogens is 1. The Morgan fingerprint density at radius 1 is 0.865 bits per heavy atom. The van der Waals surface area contributed by atoms with E-state index >= 15 is 0 Å². The molecule has 0 atom stereocenters. The van der Waals surface area contributed by atoms with Crippen LogP contribution in [0.1, 0.15) is 24.0 Å². The van der Waals surface area contributed by atoms with Gasteiger partial charge in [0.05, 0.1) is 27.0 Å². The van der Waals surface area contributed by atoms with E-state index in [-0.39, 0.29) is 5.82 Å². The fourth-order valence-corrected chi connectivity index (χ4v) is 4.61. The number of pyridine rings is 1. The summed E-state index contributed by atoms with van der Waals surface area (Å²) in [5.41, 5.74) is 4.08. The Hall–Kier alpha value is -3.42. The number of methoxy groups -OCH3 is 3. The number of hydrogen-bond acceptors (Lipinski definition) is 6. The molecule has 0 bridgehead atoms. The van der Waals surface area contributed by atoms with E-state index in [4.69, 9.17) is 14.2 Å². The van der Waals surface area contributed by atoms with E-state index in [0.717, 1.165) is 68.9 Å². The average Bonchev–Trinajstić information content (AvgIpc) is 2.94. The van der Waals surface area contributed by atoms with Gasteiger partial charge in [0.2, 0.25) is 5.75 Å². The molecule has 6 nitrogen and oxygen atoms in total. The summed E-state index contributed by atoms with van der Waals surface area (Å²) in [4.78, 5) is 9.63. The Kier molecular flexibility index (Phi) is 9.52. The molecule has 196 valence electrons. The lowest BCUT2D eigenvalue weighted by molar-refractivity contribution is 0.126. The van der Waals surface area contributed by atoms with Gasteiger partial charge in [-0.25, -0.2) is 4.39 Å². The number of rotatable bonds is 11. The SMILES string of the molecule is COc1cc(-c2cc(CN3CCN(CCCC=Cc4ccc(F)cc4)CC3)ccn2)cc(OC)c1OC. The first-order valence-corrected chi connectivity index (χ1v) is 12.7. The highest BCUT2D eigenvalue weighted by atomic mass is 19.1. The zero-order valence-corrected chi connectivity index (χ0v) is 22.0. The highest BCUT2D eigenvalue weighted by molar-refractivity contribution is 5.69. The quantitative estimate of drug-likeness (QED) is 0.320. The molecule has 0 unspecified atom stereocenters. The summed E-state index contributed by atoms with van der Waals surface area (Å²) in [6.45, 7) is 6.25. The number of piperazine rings is 1. The molecule has 0 N–H and O–H groups in total. The molecule has 0 saturated carbocycles. The molecule has 1 aliphatic rings. The van der Waals surface area contributed by atoms with E-state index in [2.05, 4.69) is 39.1 Å². The lowest BCUT2D eigenvalue weighted by Crippen LogP contribution is -2.46. The van der Waals surface area contributed by atoms with Crippen molar-refractivity contribution in [2.75, 3.05) is 54.1 Å². The molecule has 1 aromatic heterocycles. The van der Waals surface area contributed by atoms with Crippen molar-refractivity contribution in [1.82, 2.24) is 14.8 Å². The number of allylic oxidation sites excluding steroid dienone is 1. The maximum absolute atomic E-state index is 13.0. The molecule has 1 saturated heterocycles. The first-order chi connectivity index (χ1) is 18.1. The molecule has 1 fully saturated rings. The van der Waals surface area contributed by atoms with Crippen molar-refractivity contribution in [3.05, 3.63) is 77.7 Å². The van der Waals surface area contributed by atoms with Crippen molar-refractivity contribution in [2.45, 2.75) is 19.4 Å². The zero-order valence-electron chi connectivity index (χ0n) is 22.0. The minimum Gasteiger partial charge on any atom is -0.493 e. The zero-order chi connectivity index (χ0) is 26.0. The Bertz CT molecular complexity index is 1150. The van der Waals surface area contributed by atoms with Gasteiger partial charge in [-0.15, -0.1) is 0 Å². The van der Waals surface area contributed by atoms with E-state index in [0.29, 0.717) is 17.2 Å². The first-order valence-electron chi connectivity index (χ1n) is 12.7. The third kappa shape index (κ3) is 7.31. The van der Waals surface area contributed by atoms with Crippen LogP contribution < -0.4 is 14.2 Å². The number of unbranched alkanes of at least 4 members (excludes halogenated alkanes) is 1. The Morgan fingerprint density at radius 2 is 1.54 bits per heavy atom. The molecule has 0 spiro atoms. The highest BCUT2D eigenvalue weighted by Crippen LogP contribution is 2.40. The third-order valence-corrected chi connectivity index (χ3v) is 6.68.